The second-order valence-corrected chi connectivity index (χ2v) is 6.50. The van der Waals surface area contributed by atoms with E-state index in [0.29, 0.717) is 6.04 Å². The minimum atomic E-state index is 0.572. The zero-order valence-corrected chi connectivity index (χ0v) is 13.0. The molecule has 3 rings (SSSR count). The molecule has 21 heavy (non-hydrogen) atoms. The van der Waals surface area contributed by atoms with Crippen LogP contribution in [-0.4, -0.2) is 18.5 Å². The minimum Gasteiger partial charge on any atom is -0.469 e. The second-order valence-electron chi connectivity index (χ2n) is 5.46. The van der Waals surface area contributed by atoms with Crippen molar-refractivity contribution in [2.45, 2.75) is 32.4 Å². The molecule has 0 aliphatic heterocycles. The molecule has 0 aromatic carbocycles. The molecule has 0 saturated heterocycles. The Labute approximate surface area is 129 Å². The number of furan rings is 1. The van der Waals surface area contributed by atoms with Crippen LogP contribution in [0.2, 0.25) is 0 Å². The van der Waals surface area contributed by atoms with Gasteiger partial charge in [-0.15, -0.1) is 11.3 Å². The number of aliphatic imine (C=N–C) groups is 1. The van der Waals surface area contributed by atoms with Crippen molar-refractivity contribution in [1.29, 1.82) is 0 Å². The summed E-state index contributed by atoms with van der Waals surface area (Å²) >= 11 is 1.74. The van der Waals surface area contributed by atoms with Crippen LogP contribution in [0.4, 0.5) is 0 Å². The monoisotopic (exact) mass is 303 g/mol. The van der Waals surface area contributed by atoms with E-state index in [4.69, 9.17) is 4.42 Å². The number of nitrogens with zero attached hydrogens (tertiary/aromatic N) is 1. The lowest BCUT2D eigenvalue weighted by Crippen LogP contribution is -2.40. The van der Waals surface area contributed by atoms with E-state index < -0.39 is 0 Å². The highest BCUT2D eigenvalue weighted by Crippen LogP contribution is 2.28. The van der Waals surface area contributed by atoms with Gasteiger partial charge in [-0.25, -0.2) is 4.99 Å². The van der Waals surface area contributed by atoms with Gasteiger partial charge < -0.3 is 15.1 Å². The first kappa shape index (κ1) is 14.2. The molecule has 1 saturated carbocycles. The first-order valence-electron chi connectivity index (χ1n) is 7.41. The normalized spacial score (nSPS) is 21.3. The van der Waals surface area contributed by atoms with Crippen molar-refractivity contribution in [3.05, 3.63) is 46.5 Å². The molecule has 2 heterocycles. The van der Waals surface area contributed by atoms with E-state index in [1.807, 2.05) is 12.1 Å². The molecular formula is C16H21N3OS. The van der Waals surface area contributed by atoms with Crippen LogP contribution in [0.5, 0.6) is 0 Å². The fourth-order valence-corrected chi connectivity index (χ4v) is 2.80. The van der Waals surface area contributed by atoms with Gasteiger partial charge in [0.1, 0.15) is 5.76 Å². The van der Waals surface area contributed by atoms with Crippen LogP contribution < -0.4 is 10.6 Å². The summed E-state index contributed by atoms with van der Waals surface area (Å²) < 4.78 is 5.35. The van der Waals surface area contributed by atoms with Gasteiger partial charge in [-0.1, -0.05) is 13.0 Å². The smallest absolute Gasteiger partial charge is 0.191 e. The fourth-order valence-electron chi connectivity index (χ4n) is 2.17. The Morgan fingerprint density at radius 2 is 2.33 bits per heavy atom. The SMILES string of the molecule is CC1CC1NC(=NCc1cccs1)NCCc1ccco1. The highest BCUT2D eigenvalue weighted by molar-refractivity contribution is 7.09. The molecule has 4 nitrogen and oxygen atoms in total. The molecule has 2 aromatic rings. The van der Waals surface area contributed by atoms with Crippen LogP contribution in [0.25, 0.3) is 0 Å². The summed E-state index contributed by atoms with van der Waals surface area (Å²) in [6.07, 6.45) is 3.82. The zero-order chi connectivity index (χ0) is 14.5. The second kappa shape index (κ2) is 6.80. The molecule has 2 atom stereocenters. The van der Waals surface area contributed by atoms with Gasteiger partial charge >= 0.3 is 0 Å². The van der Waals surface area contributed by atoms with E-state index >= 15 is 0 Å². The van der Waals surface area contributed by atoms with Gasteiger partial charge in [-0.3, -0.25) is 0 Å². The van der Waals surface area contributed by atoms with E-state index in [9.17, 15) is 0 Å². The highest BCUT2D eigenvalue weighted by atomic mass is 32.1. The molecule has 2 N–H and O–H groups in total. The number of hydrogen-bond donors (Lipinski definition) is 2. The van der Waals surface area contributed by atoms with Crippen molar-refractivity contribution in [3.8, 4) is 0 Å². The third-order valence-electron chi connectivity index (χ3n) is 3.65. The number of guanidine groups is 1. The molecule has 1 aliphatic rings. The molecule has 112 valence electrons. The summed E-state index contributed by atoms with van der Waals surface area (Å²) in [5.74, 6) is 2.66. The maximum atomic E-state index is 5.35. The predicted molar refractivity (Wildman–Crippen MR) is 86.6 cm³/mol. The largest absolute Gasteiger partial charge is 0.469 e. The van der Waals surface area contributed by atoms with Crippen molar-refractivity contribution >= 4 is 17.3 Å². The summed E-state index contributed by atoms with van der Waals surface area (Å²) in [5.41, 5.74) is 0. The molecule has 0 bridgehead atoms. The topological polar surface area (TPSA) is 49.6 Å². The van der Waals surface area contributed by atoms with Gasteiger partial charge in [0, 0.05) is 23.9 Å². The van der Waals surface area contributed by atoms with E-state index in [2.05, 4.69) is 40.1 Å². The van der Waals surface area contributed by atoms with Gasteiger partial charge in [-0.05, 0) is 35.9 Å². The first-order valence-corrected chi connectivity index (χ1v) is 8.29. The Morgan fingerprint density at radius 1 is 1.43 bits per heavy atom. The fraction of sp³-hybridized carbons (Fsp3) is 0.438. The molecular weight excluding hydrogens is 282 g/mol. The average Bonchev–Trinajstić information content (AvgIpc) is 2.97. The van der Waals surface area contributed by atoms with Gasteiger partial charge in [0.15, 0.2) is 5.96 Å². The number of nitrogens with one attached hydrogen (secondary N) is 2. The number of hydrogen-bond acceptors (Lipinski definition) is 3. The lowest BCUT2D eigenvalue weighted by molar-refractivity contribution is 0.506. The molecule has 0 amide bonds. The number of thiophene rings is 1. The zero-order valence-electron chi connectivity index (χ0n) is 12.2. The van der Waals surface area contributed by atoms with E-state index in [-0.39, 0.29) is 0 Å². The first-order chi connectivity index (χ1) is 10.3. The summed E-state index contributed by atoms with van der Waals surface area (Å²) in [4.78, 5) is 5.96. The lowest BCUT2D eigenvalue weighted by atomic mass is 10.3. The summed E-state index contributed by atoms with van der Waals surface area (Å²) in [6, 6.07) is 8.68. The van der Waals surface area contributed by atoms with Crippen LogP contribution >= 0.6 is 11.3 Å². The maximum Gasteiger partial charge on any atom is 0.191 e. The summed E-state index contributed by atoms with van der Waals surface area (Å²) in [5, 5.41) is 8.98. The van der Waals surface area contributed by atoms with Crippen molar-refractivity contribution in [3.63, 3.8) is 0 Å². The Balaban J connectivity index is 1.52. The van der Waals surface area contributed by atoms with Gasteiger partial charge in [0.25, 0.3) is 0 Å². The number of rotatable bonds is 6. The van der Waals surface area contributed by atoms with Crippen molar-refractivity contribution in [2.24, 2.45) is 10.9 Å². The van der Waals surface area contributed by atoms with Crippen LogP contribution in [0.1, 0.15) is 24.0 Å². The summed E-state index contributed by atoms with van der Waals surface area (Å²) in [6.45, 7) is 3.82. The maximum absolute atomic E-state index is 5.35. The summed E-state index contributed by atoms with van der Waals surface area (Å²) in [7, 11) is 0. The van der Waals surface area contributed by atoms with Crippen molar-refractivity contribution in [1.82, 2.24) is 10.6 Å². The molecule has 1 aliphatic carbocycles. The van der Waals surface area contributed by atoms with Crippen molar-refractivity contribution < 1.29 is 4.42 Å². The predicted octanol–water partition coefficient (Wildman–Crippen LogP) is 3.03. The van der Waals surface area contributed by atoms with E-state index in [1.54, 1.807) is 17.6 Å². The van der Waals surface area contributed by atoms with Gasteiger partial charge in [0.2, 0.25) is 0 Å². The molecule has 1 fully saturated rings. The molecule has 0 radical (unpaired) electrons. The van der Waals surface area contributed by atoms with Crippen LogP contribution in [0.3, 0.4) is 0 Å². The molecule has 2 aromatic heterocycles. The van der Waals surface area contributed by atoms with Gasteiger partial charge in [-0.2, -0.15) is 0 Å². The standard InChI is InChI=1S/C16H21N3OS/c1-12-10-15(12)19-16(18-11-14-5-3-9-21-14)17-7-6-13-4-2-8-20-13/h2-5,8-9,12,15H,6-7,10-11H2,1H3,(H2,17,18,19). The molecule has 2 unspecified atom stereocenters. The molecule has 0 spiro atoms. The lowest BCUT2D eigenvalue weighted by Gasteiger charge is -2.11. The third kappa shape index (κ3) is 4.36. The Kier molecular flexibility index (Phi) is 4.60. The Bertz CT molecular complexity index is 562. The highest BCUT2D eigenvalue weighted by Gasteiger charge is 2.33. The molecule has 5 heteroatoms. The minimum absolute atomic E-state index is 0.572. The van der Waals surface area contributed by atoms with E-state index in [0.717, 1.165) is 37.1 Å². The van der Waals surface area contributed by atoms with Gasteiger partial charge in [0.05, 0.1) is 12.8 Å². The van der Waals surface area contributed by atoms with Crippen molar-refractivity contribution in [2.75, 3.05) is 6.54 Å². The third-order valence-corrected chi connectivity index (χ3v) is 4.51. The van der Waals surface area contributed by atoms with Crippen LogP contribution in [0.15, 0.2) is 45.3 Å². The van der Waals surface area contributed by atoms with Crippen LogP contribution in [-0.2, 0) is 13.0 Å². The Hall–Kier alpha value is -1.75. The van der Waals surface area contributed by atoms with E-state index in [1.165, 1.54) is 11.3 Å². The average molecular weight is 303 g/mol. The Morgan fingerprint density at radius 3 is 3.00 bits per heavy atom. The quantitative estimate of drug-likeness (QED) is 0.637. The van der Waals surface area contributed by atoms with Crippen LogP contribution in [0, 0.1) is 5.92 Å².